The maximum absolute atomic E-state index is 14.3. The molecular formula is C42H42N6O7. The number of nitrogens with zero attached hydrogens (tertiary/aromatic N) is 4. The van der Waals surface area contributed by atoms with Crippen molar-refractivity contribution in [3.05, 3.63) is 92.7 Å². The Morgan fingerprint density at radius 1 is 1.04 bits per heavy atom. The van der Waals surface area contributed by atoms with Gasteiger partial charge >= 0.3 is 5.97 Å². The minimum absolute atomic E-state index is 0.109. The number of esters is 1. The fourth-order valence-electron chi connectivity index (χ4n) is 9.98. The van der Waals surface area contributed by atoms with Crippen LogP contribution in [0, 0.1) is 12.8 Å². The first-order valence-electron chi connectivity index (χ1n) is 18.9. The lowest BCUT2D eigenvalue weighted by molar-refractivity contribution is -0.219. The van der Waals surface area contributed by atoms with Crippen LogP contribution in [0.4, 0.5) is 11.6 Å². The molecule has 2 bridgehead atoms. The van der Waals surface area contributed by atoms with Crippen LogP contribution in [-0.2, 0) is 27.2 Å². The smallest absolute Gasteiger partial charge is 0.341 e. The highest BCUT2D eigenvalue weighted by atomic mass is 16.7. The third-order valence-electron chi connectivity index (χ3n) is 12.6. The second-order valence-electron chi connectivity index (χ2n) is 16.5. The number of carbonyl (C=O) groups is 1. The first-order chi connectivity index (χ1) is 26.3. The number of ether oxygens (including phenoxy) is 3. The number of aliphatic imine (C=N–C) groups is 1. The minimum atomic E-state index is -1.08. The molecule has 4 fully saturated rings. The number of allylic oxidation sites excluding steroid dienone is 1. The molecule has 6 aliphatic heterocycles. The van der Waals surface area contributed by atoms with Crippen molar-refractivity contribution in [3.8, 4) is 22.8 Å². The summed E-state index contributed by atoms with van der Waals surface area (Å²) < 4.78 is 25.4. The van der Waals surface area contributed by atoms with Gasteiger partial charge in [-0.1, -0.05) is 0 Å². The van der Waals surface area contributed by atoms with Crippen molar-refractivity contribution >= 4 is 34.8 Å². The van der Waals surface area contributed by atoms with Gasteiger partial charge in [-0.25, -0.2) is 14.8 Å². The number of benzene rings is 1. The molecule has 7 aliphatic rings. The molecular weight excluding hydrogens is 700 g/mol. The number of phenols is 1. The van der Waals surface area contributed by atoms with Gasteiger partial charge in [0.15, 0.2) is 16.6 Å². The van der Waals surface area contributed by atoms with Crippen molar-refractivity contribution in [1.29, 1.82) is 0 Å². The van der Waals surface area contributed by atoms with E-state index in [1.807, 2.05) is 50.5 Å². The van der Waals surface area contributed by atoms with Crippen LogP contribution in [0.15, 0.2) is 74.1 Å². The van der Waals surface area contributed by atoms with Crippen molar-refractivity contribution < 1.29 is 28.5 Å². The Bertz CT molecular complexity index is 2510. The van der Waals surface area contributed by atoms with Gasteiger partial charge in [-0.15, -0.1) is 0 Å². The number of aromatic hydroxyl groups is 1. The average molecular weight is 743 g/mol. The zero-order chi connectivity index (χ0) is 38.0. The number of aromatic nitrogens is 2. The fourth-order valence-corrected chi connectivity index (χ4v) is 9.98. The molecule has 5 atom stereocenters. The Kier molecular flexibility index (Phi) is 7.17. The molecule has 0 unspecified atom stereocenters. The van der Waals surface area contributed by atoms with Crippen LogP contribution in [0.2, 0.25) is 0 Å². The highest BCUT2D eigenvalue weighted by Gasteiger charge is 2.71. The predicted octanol–water partition coefficient (Wildman–Crippen LogP) is 5.61. The second kappa shape index (κ2) is 11.7. The third-order valence-corrected chi connectivity index (χ3v) is 12.6. The van der Waals surface area contributed by atoms with Crippen LogP contribution in [0.3, 0.4) is 0 Å². The lowest BCUT2D eigenvalue weighted by atomic mass is 9.58. The van der Waals surface area contributed by atoms with E-state index in [2.05, 4.69) is 19.9 Å². The molecule has 13 nitrogen and oxygen atoms in total. The lowest BCUT2D eigenvalue weighted by Gasteiger charge is -2.58. The van der Waals surface area contributed by atoms with Gasteiger partial charge in [-0.05, 0) is 101 Å². The number of anilines is 2. The average Bonchev–Trinajstić information content (AvgIpc) is 3.41. The molecule has 11 rings (SSSR count). The van der Waals surface area contributed by atoms with E-state index in [1.54, 1.807) is 19.1 Å². The van der Waals surface area contributed by atoms with E-state index in [-0.39, 0.29) is 40.1 Å². The molecule has 2 spiro atoms. The number of hydrogen-bond acceptors (Lipinski definition) is 13. The van der Waals surface area contributed by atoms with Crippen molar-refractivity contribution in [2.75, 3.05) is 18.0 Å². The van der Waals surface area contributed by atoms with Crippen LogP contribution in [0.1, 0.15) is 74.5 Å². The molecule has 5 N–H and O–H groups in total. The van der Waals surface area contributed by atoms with E-state index in [4.69, 9.17) is 30.1 Å². The first kappa shape index (κ1) is 33.8. The fraction of sp³-hybridized carbons (Fsp3) is 0.405. The molecule has 3 saturated heterocycles. The summed E-state index contributed by atoms with van der Waals surface area (Å²) in [4.78, 5) is 43.2. The summed E-state index contributed by atoms with van der Waals surface area (Å²) in [5.41, 5.74) is 15.4. The molecule has 1 aromatic carbocycles. The summed E-state index contributed by atoms with van der Waals surface area (Å²) in [5, 5.41) is 11.8. The number of epoxide rings is 1. The number of phenolic OH excluding ortho intramolecular Hbond substituents is 1. The van der Waals surface area contributed by atoms with Crippen molar-refractivity contribution in [1.82, 2.24) is 14.9 Å². The van der Waals surface area contributed by atoms with Crippen LogP contribution < -0.4 is 21.6 Å². The number of fused-ring (bicyclic) bond motifs is 5. The molecule has 0 radical (unpaired) electrons. The molecule has 1 aliphatic carbocycles. The number of carbonyl (C=O) groups excluding carboxylic acids is 1. The highest BCUT2D eigenvalue weighted by molar-refractivity contribution is 5.88. The maximum Gasteiger partial charge on any atom is 0.341 e. The maximum atomic E-state index is 14.3. The van der Waals surface area contributed by atoms with Crippen molar-refractivity contribution in [2.45, 2.75) is 94.7 Å². The van der Waals surface area contributed by atoms with Gasteiger partial charge in [0.1, 0.15) is 45.5 Å². The molecule has 0 amide bonds. The molecule has 55 heavy (non-hydrogen) atoms. The monoisotopic (exact) mass is 742 g/mol. The third kappa shape index (κ3) is 5.26. The molecule has 13 heteroatoms. The second-order valence-corrected chi connectivity index (χ2v) is 16.5. The van der Waals surface area contributed by atoms with Crippen LogP contribution in [0.25, 0.3) is 22.2 Å². The van der Waals surface area contributed by atoms with Gasteiger partial charge < -0.3 is 40.1 Å². The summed E-state index contributed by atoms with van der Waals surface area (Å²) in [7, 11) is 0. The standard InChI is InChI=1S/C42H42N6O7/c1-21-10-30(49)37-31(52-21)16-32-36(38(37)50)27-11-23-6-8-42(27,40(2,3)53-32)55-39(51)41(17-23)33(54-41)5-4-22-12-28(47-34(43)13-22)25-14-26(46-35(44)15-25)19-48-18-24-7-9-45-29(24)20-48/h7,9-10,12-16,20,23,27,33,50H,4-6,8,11,17-19H2,1-3H3,(H2,43,47)(H2,44,46)/t23-,27+,33+,41+,42+/m0/s1. The molecule has 9 heterocycles. The largest absolute Gasteiger partial charge is 0.507 e. The van der Waals surface area contributed by atoms with E-state index in [1.165, 1.54) is 11.6 Å². The van der Waals surface area contributed by atoms with E-state index < -0.39 is 22.8 Å². The first-order valence-corrected chi connectivity index (χ1v) is 18.9. The normalized spacial score (nSPS) is 28.2. The number of nitrogens with two attached hydrogens (primary N) is 2. The number of rotatable bonds is 6. The summed E-state index contributed by atoms with van der Waals surface area (Å²) >= 11 is 0. The topological polar surface area (TPSA) is 192 Å². The summed E-state index contributed by atoms with van der Waals surface area (Å²) in [5.74, 6) is 0.833. The van der Waals surface area contributed by atoms with Gasteiger partial charge in [-0.3, -0.25) is 9.79 Å². The van der Waals surface area contributed by atoms with E-state index in [0.717, 1.165) is 35.5 Å². The molecule has 282 valence electrons. The number of pyridine rings is 2. The molecule has 1 saturated carbocycles. The lowest BCUT2D eigenvalue weighted by Crippen LogP contribution is -2.66. The molecule has 3 aromatic heterocycles. The quantitative estimate of drug-likeness (QED) is 0.164. The van der Waals surface area contributed by atoms with Gasteiger partial charge in [0, 0.05) is 53.7 Å². The number of aryl methyl sites for hydroxylation is 2. The number of nitrogen functional groups attached to an aromatic ring is 2. The number of hydrogen-bond donors (Lipinski definition) is 3. The summed E-state index contributed by atoms with van der Waals surface area (Å²) in [6.45, 7) is 6.89. The van der Waals surface area contributed by atoms with Crippen LogP contribution in [0.5, 0.6) is 11.5 Å². The Morgan fingerprint density at radius 3 is 2.71 bits per heavy atom. The van der Waals surface area contributed by atoms with Gasteiger partial charge in [-0.2, -0.15) is 0 Å². The van der Waals surface area contributed by atoms with Crippen LogP contribution in [-0.4, -0.2) is 61.6 Å². The Balaban J connectivity index is 0.886. The zero-order valence-corrected chi connectivity index (χ0v) is 30.9. The zero-order valence-electron chi connectivity index (χ0n) is 30.9. The van der Waals surface area contributed by atoms with Gasteiger partial charge in [0.2, 0.25) is 0 Å². The van der Waals surface area contributed by atoms with Crippen molar-refractivity contribution in [3.63, 3.8) is 0 Å². The summed E-state index contributed by atoms with van der Waals surface area (Å²) in [6, 6.07) is 10.7. The van der Waals surface area contributed by atoms with Crippen molar-refractivity contribution in [2.24, 2.45) is 10.9 Å². The SMILES string of the molecule is Cc1cc(=O)c2c(O)c3c(cc2o1)OC(C)(C)[C@@]12CC[C@@H](C[C@H]31)C[C@]1(O[C@@H]1CCc1cc(N)nc(-c3cc(N)nc(CN4C=C5N=CC=C5C4)c3)c1)C(=O)O2. The summed E-state index contributed by atoms with van der Waals surface area (Å²) in [6.07, 6.45) is 9.25. The van der Waals surface area contributed by atoms with E-state index >= 15 is 0 Å². The van der Waals surface area contributed by atoms with E-state index in [0.29, 0.717) is 73.1 Å². The van der Waals surface area contributed by atoms with E-state index in [9.17, 15) is 14.7 Å². The van der Waals surface area contributed by atoms with Gasteiger partial charge in [0.25, 0.3) is 0 Å². The Hall–Kier alpha value is -5.69. The minimum Gasteiger partial charge on any atom is -0.507 e. The Labute approximate surface area is 316 Å². The predicted molar refractivity (Wildman–Crippen MR) is 204 cm³/mol. The molecule has 4 aromatic rings. The Morgan fingerprint density at radius 2 is 1.87 bits per heavy atom. The highest BCUT2D eigenvalue weighted by Crippen LogP contribution is 2.64. The van der Waals surface area contributed by atoms with Crippen LogP contribution >= 0.6 is 0 Å². The van der Waals surface area contributed by atoms with Gasteiger partial charge in [0.05, 0.1) is 29.7 Å².